The minimum atomic E-state index is -0.209. The number of rotatable bonds is 3. The Morgan fingerprint density at radius 2 is 1.96 bits per heavy atom. The molecule has 1 heterocycles. The number of hydrogen-bond acceptors (Lipinski definition) is 2. The fourth-order valence-corrected chi connectivity index (χ4v) is 2.58. The third-order valence-corrected chi connectivity index (χ3v) is 3.89. The van der Waals surface area contributed by atoms with Crippen molar-refractivity contribution in [3.05, 3.63) is 77.0 Å². The lowest BCUT2D eigenvalue weighted by Crippen LogP contribution is -2.08. The van der Waals surface area contributed by atoms with Crippen LogP contribution in [0, 0.1) is 6.92 Å². The molecule has 1 aromatic heterocycles. The average Bonchev–Trinajstić information content (AvgIpc) is 2.55. The van der Waals surface area contributed by atoms with Crippen LogP contribution in [0.15, 0.2) is 60.8 Å². The van der Waals surface area contributed by atoms with E-state index >= 15 is 0 Å². The highest BCUT2D eigenvalue weighted by Gasteiger charge is 2.06. The number of amides is 1. The van der Waals surface area contributed by atoms with Gasteiger partial charge in [-0.25, -0.2) is 0 Å². The van der Waals surface area contributed by atoms with Crippen molar-refractivity contribution < 1.29 is 4.79 Å². The van der Waals surface area contributed by atoms with Crippen molar-refractivity contribution in [3.63, 3.8) is 0 Å². The van der Waals surface area contributed by atoms with Gasteiger partial charge in [0.2, 0.25) is 5.91 Å². The Balaban J connectivity index is 1.84. The second-order valence-electron chi connectivity index (χ2n) is 5.17. The molecule has 0 aliphatic rings. The first-order chi connectivity index (χ1) is 11.1. The van der Waals surface area contributed by atoms with Gasteiger partial charge < -0.3 is 5.32 Å². The average molecular weight is 323 g/mol. The summed E-state index contributed by atoms with van der Waals surface area (Å²) in [5.41, 5.74) is 3.51. The number of halogens is 1. The van der Waals surface area contributed by atoms with Crippen molar-refractivity contribution >= 4 is 40.2 Å². The van der Waals surface area contributed by atoms with Gasteiger partial charge in [0.05, 0.1) is 11.2 Å². The van der Waals surface area contributed by atoms with Crippen LogP contribution in [0.2, 0.25) is 5.02 Å². The maximum Gasteiger partial charge on any atom is 0.248 e. The van der Waals surface area contributed by atoms with Crippen LogP contribution in [-0.4, -0.2) is 10.9 Å². The van der Waals surface area contributed by atoms with Crippen molar-refractivity contribution in [3.8, 4) is 0 Å². The van der Waals surface area contributed by atoms with Crippen molar-refractivity contribution in [2.24, 2.45) is 0 Å². The Morgan fingerprint density at radius 3 is 2.78 bits per heavy atom. The summed E-state index contributed by atoms with van der Waals surface area (Å²) < 4.78 is 0. The van der Waals surface area contributed by atoms with Gasteiger partial charge in [-0.3, -0.25) is 9.78 Å². The third-order valence-electron chi connectivity index (χ3n) is 3.55. The van der Waals surface area contributed by atoms with Crippen LogP contribution in [0.3, 0.4) is 0 Å². The fraction of sp³-hybridized carbons (Fsp3) is 0.0526. The fourth-order valence-electron chi connectivity index (χ4n) is 2.38. The molecule has 1 N–H and O–H groups in total. The molecule has 0 saturated carbocycles. The number of nitrogens with zero attached hydrogens (tertiary/aromatic N) is 1. The highest BCUT2D eigenvalue weighted by molar-refractivity contribution is 6.32. The second kappa shape index (κ2) is 6.63. The van der Waals surface area contributed by atoms with E-state index in [1.54, 1.807) is 24.4 Å². The van der Waals surface area contributed by atoms with Crippen LogP contribution in [0.25, 0.3) is 17.0 Å². The van der Waals surface area contributed by atoms with Gasteiger partial charge in [0, 0.05) is 22.7 Å². The molecule has 0 aliphatic carbocycles. The SMILES string of the molecule is Cc1cccc2c(NC(=O)/C=C/c3ccccc3Cl)ccnc12. The quantitative estimate of drug-likeness (QED) is 0.700. The Kier molecular flexibility index (Phi) is 4.40. The zero-order valence-corrected chi connectivity index (χ0v) is 13.3. The molecular formula is C19H15ClN2O. The standard InChI is InChI=1S/C19H15ClN2O/c1-13-5-4-7-15-17(11-12-21-19(13)15)22-18(23)10-9-14-6-2-3-8-16(14)20/h2-12H,1H3,(H,21,22,23)/b10-9+. The zero-order chi connectivity index (χ0) is 16.2. The number of aryl methyl sites for hydroxylation is 1. The lowest BCUT2D eigenvalue weighted by atomic mass is 10.1. The molecule has 3 nitrogen and oxygen atoms in total. The van der Waals surface area contributed by atoms with Gasteiger partial charge in [0.25, 0.3) is 0 Å². The topological polar surface area (TPSA) is 42.0 Å². The molecule has 0 fully saturated rings. The van der Waals surface area contributed by atoms with Crippen molar-refractivity contribution in [2.45, 2.75) is 6.92 Å². The van der Waals surface area contributed by atoms with Gasteiger partial charge in [-0.1, -0.05) is 48.0 Å². The molecule has 0 radical (unpaired) electrons. The Bertz CT molecular complexity index is 903. The van der Waals surface area contributed by atoms with Crippen LogP contribution in [0.1, 0.15) is 11.1 Å². The summed E-state index contributed by atoms with van der Waals surface area (Å²) in [5.74, 6) is -0.209. The number of benzene rings is 2. The van der Waals surface area contributed by atoms with Gasteiger partial charge in [-0.2, -0.15) is 0 Å². The number of pyridine rings is 1. The van der Waals surface area contributed by atoms with Gasteiger partial charge in [-0.05, 0) is 36.3 Å². The highest BCUT2D eigenvalue weighted by atomic mass is 35.5. The number of para-hydroxylation sites is 1. The van der Waals surface area contributed by atoms with Gasteiger partial charge >= 0.3 is 0 Å². The molecule has 0 bridgehead atoms. The normalized spacial score (nSPS) is 11.0. The van der Waals surface area contributed by atoms with Crippen molar-refractivity contribution in [1.82, 2.24) is 4.98 Å². The lowest BCUT2D eigenvalue weighted by molar-refractivity contribution is -0.111. The first kappa shape index (κ1) is 15.3. The number of carbonyl (C=O) groups excluding carboxylic acids is 1. The number of carbonyl (C=O) groups is 1. The highest BCUT2D eigenvalue weighted by Crippen LogP contribution is 2.24. The summed E-state index contributed by atoms with van der Waals surface area (Å²) >= 11 is 6.07. The number of hydrogen-bond donors (Lipinski definition) is 1. The summed E-state index contributed by atoms with van der Waals surface area (Å²) in [5, 5.41) is 4.43. The van der Waals surface area contributed by atoms with Crippen molar-refractivity contribution in [1.29, 1.82) is 0 Å². The van der Waals surface area contributed by atoms with Crippen molar-refractivity contribution in [2.75, 3.05) is 5.32 Å². The van der Waals surface area contributed by atoms with Crippen LogP contribution in [0.4, 0.5) is 5.69 Å². The minimum Gasteiger partial charge on any atom is -0.322 e. The summed E-state index contributed by atoms with van der Waals surface area (Å²) in [6.45, 7) is 2.00. The predicted octanol–water partition coefficient (Wildman–Crippen LogP) is 4.85. The first-order valence-electron chi connectivity index (χ1n) is 7.23. The molecule has 0 unspecified atom stereocenters. The number of fused-ring (bicyclic) bond motifs is 1. The molecule has 0 saturated heterocycles. The van der Waals surface area contributed by atoms with Crippen LogP contribution in [-0.2, 0) is 4.79 Å². The van der Waals surface area contributed by atoms with E-state index in [0.29, 0.717) is 5.02 Å². The van der Waals surface area contributed by atoms with E-state index in [9.17, 15) is 4.79 Å². The van der Waals surface area contributed by atoms with Crippen LogP contribution < -0.4 is 5.32 Å². The Morgan fingerprint density at radius 1 is 1.13 bits per heavy atom. The van der Waals surface area contributed by atoms with Gasteiger partial charge in [0.1, 0.15) is 0 Å². The van der Waals surface area contributed by atoms with Crippen LogP contribution in [0.5, 0.6) is 0 Å². The maximum atomic E-state index is 12.2. The van der Waals surface area contributed by atoms with E-state index in [1.807, 2.05) is 43.3 Å². The third kappa shape index (κ3) is 3.41. The van der Waals surface area contributed by atoms with Crippen LogP contribution >= 0.6 is 11.6 Å². The molecule has 3 rings (SSSR count). The predicted molar refractivity (Wildman–Crippen MR) is 95.6 cm³/mol. The smallest absolute Gasteiger partial charge is 0.248 e. The molecule has 0 spiro atoms. The first-order valence-corrected chi connectivity index (χ1v) is 7.61. The number of aromatic nitrogens is 1. The van der Waals surface area contributed by atoms with E-state index < -0.39 is 0 Å². The molecule has 23 heavy (non-hydrogen) atoms. The summed E-state index contributed by atoms with van der Waals surface area (Å²) in [6, 6.07) is 15.1. The molecule has 2 aromatic carbocycles. The number of nitrogens with one attached hydrogen (secondary N) is 1. The second-order valence-corrected chi connectivity index (χ2v) is 5.58. The van der Waals surface area contributed by atoms with Gasteiger partial charge in [0.15, 0.2) is 0 Å². The maximum absolute atomic E-state index is 12.2. The Hall–Kier alpha value is -2.65. The zero-order valence-electron chi connectivity index (χ0n) is 12.6. The molecular weight excluding hydrogens is 308 g/mol. The molecule has 4 heteroatoms. The van der Waals surface area contributed by atoms with E-state index in [0.717, 1.165) is 27.7 Å². The molecule has 1 amide bonds. The Labute approximate surface area is 139 Å². The molecule has 0 aliphatic heterocycles. The summed E-state index contributed by atoms with van der Waals surface area (Å²) in [7, 11) is 0. The summed E-state index contributed by atoms with van der Waals surface area (Å²) in [6.07, 6.45) is 4.87. The van der Waals surface area contributed by atoms with E-state index in [1.165, 1.54) is 6.08 Å². The monoisotopic (exact) mass is 322 g/mol. The summed E-state index contributed by atoms with van der Waals surface area (Å²) in [4.78, 5) is 16.5. The molecule has 114 valence electrons. The molecule has 0 atom stereocenters. The molecule has 3 aromatic rings. The van der Waals surface area contributed by atoms with E-state index in [4.69, 9.17) is 11.6 Å². The van der Waals surface area contributed by atoms with E-state index in [2.05, 4.69) is 10.3 Å². The van der Waals surface area contributed by atoms with E-state index in [-0.39, 0.29) is 5.91 Å². The van der Waals surface area contributed by atoms with Gasteiger partial charge in [-0.15, -0.1) is 0 Å². The number of anilines is 1. The largest absolute Gasteiger partial charge is 0.322 e. The lowest BCUT2D eigenvalue weighted by Gasteiger charge is -2.08. The minimum absolute atomic E-state index is 0.209.